The number of pyridine rings is 1. The van der Waals surface area contributed by atoms with Gasteiger partial charge in [-0.2, -0.15) is 0 Å². The first kappa shape index (κ1) is 16.2. The number of ether oxygens (including phenoxy) is 1. The van der Waals surface area contributed by atoms with Gasteiger partial charge in [-0.3, -0.25) is 9.69 Å². The number of nitrogens with one attached hydrogen (secondary N) is 1. The lowest BCUT2D eigenvalue weighted by Gasteiger charge is -2.26. The van der Waals surface area contributed by atoms with Gasteiger partial charge in [-0.25, -0.2) is 4.98 Å². The summed E-state index contributed by atoms with van der Waals surface area (Å²) in [4.78, 5) is 18.8. The zero-order valence-corrected chi connectivity index (χ0v) is 13.8. The van der Waals surface area contributed by atoms with Crippen molar-refractivity contribution in [3.8, 4) is 0 Å². The lowest BCUT2D eigenvalue weighted by atomic mass is 10.2. The second-order valence-electron chi connectivity index (χ2n) is 5.43. The molecule has 0 spiro atoms. The van der Waals surface area contributed by atoms with E-state index in [1.165, 1.54) is 11.8 Å². The third kappa shape index (κ3) is 4.92. The topological polar surface area (TPSA) is 54.5 Å². The molecule has 0 atom stereocenters. The molecule has 1 aliphatic rings. The summed E-state index contributed by atoms with van der Waals surface area (Å²) in [7, 11) is 0. The molecule has 1 amide bonds. The Morgan fingerprint density at radius 1 is 1.22 bits per heavy atom. The molecule has 0 radical (unpaired) electrons. The van der Waals surface area contributed by atoms with E-state index in [4.69, 9.17) is 4.74 Å². The van der Waals surface area contributed by atoms with Crippen LogP contribution in [0.4, 0.5) is 0 Å². The Labute approximate surface area is 140 Å². The van der Waals surface area contributed by atoms with Crippen LogP contribution in [0.15, 0.2) is 41.4 Å². The van der Waals surface area contributed by atoms with Gasteiger partial charge in [0.15, 0.2) is 0 Å². The highest BCUT2D eigenvalue weighted by Crippen LogP contribution is 2.19. The highest BCUT2D eigenvalue weighted by molar-refractivity contribution is 7.99. The standard InChI is InChI=1S/C17H21N3O2S/c21-16(18-7-8-20-9-11-22-12-10-20)13-23-17-6-5-14-3-1-2-4-15(14)19-17/h1-6H,7-13H2,(H,18,21). The molecule has 1 aromatic carbocycles. The number of amides is 1. The number of hydrogen-bond acceptors (Lipinski definition) is 5. The minimum Gasteiger partial charge on any atom is -0.379 e. The summed E-state index contributed by atoms with van der Waals surface area (Å²) in [6.07, 6.45) is 0. The average molecular weight is 331 g/mol. The van der Waals surface area contributed by atoms with E-state index in [9.17, 15) is 4.79 Å². The Morgan fingerprint density at radius 3 is 2.91 bits per heavy atom. The van der Waals surface area contributed by atoms with Crippen LogP contribution in [-0.4, -0.2) is 60.9 Å². The number of aromatic nitrogens is 1. The largest absolute Gasteiger partial charge is 0.379 e. The van der Waals surface area contributed by atoms with E-state index < -0.39 is 0 Å². The Hall–Kier alpha value is -1.63. The molecule has 2 aromatic rings. The number of para-hydroxylation sites is 1. The van der Waals surface area contributed by atoms with Crippen molar-refractivity contribution in [1.82, 2.24) is 15.2 Å². The Kier molecular flexibility index (Phi) is 5.85. The summed E-state index contributed by atoms with van der Waals surface area (Å²) in [6, 6.07) is 12.0. The second-order valence-corrected chi connectivity index (χ2v) is 6.43. The normalized spacial score (nSPS) is 15.7. The number of thioether (sulfide) groups is 1. The van der Waals surface area contributed by atoms with Crippen molar-refractivity contribution in [1.29, 1.82) is 0 Å². The molecule has 2 heterocycles. The van der Waals surface area contributed by atoms with Gasteiger partial charge in [0.1, 0.15) is 0 Å². The molecule has 0 saturated carbocycles. The first-order valence-corrected chi connectivity index (χ1v) is 8.85. The number of nitrogens with zero attached hydrogens (tertiary/aromatic N) is 2. The molecule has 6 heteroatoms. The van der Waals surface area contributed by atoms with Gasteiger partial charge in [-0.1, -0.05) is 36.0 Å². The number of rotatable bonds is 6. The van der Waals surface area contributed by atoms with Crippen molar-refractivity contribution in [3.63, 3.8) is 0 Å². The lowest BCUT2D eigenvalue weighted by Crippen LogP contribution is -2.41. The minimum absolute atomic E-state index is 0.0539. The van der Waals surface area contributed by atoms with Crippen molar-refractivity contribution in [3.05, 3.63) is 36.4 Å². The predicted octanol–water partition coefficient (Wildman–Crippen LogP) is 1.78. The van der Waals surface area contributed by atoms with Crippen LogP contribution in [0.25, 0.3) is 10.9 Å². The van der Waals surface area contributed by atoms with E-state index in [0.29, 0.717) is 12.3 Å². The summed E-state index contributed by atoms with van der Waals surface area (Å²) in [6.45, 7) is 5.05. The molecule has 0 unspecified atom stereocenters. The van der Waals surface area contributed by atoms with Crippen LogP contribution in [0, 0.1) is 0 Å². The van der Waals surface area contributed by atoms with Gasteiger partial charge in [0, 0.05) is 31.6 Å². The first-order valence-electron chi connectivity index (χ1n) is 7.87. The number of carbonyl (C=O) groups excluding carboxylic acids is 1. The number of carbonyl (C=O) groups is 1. The van der Waals surface area contributed by atoms with E-state index in [0.717, 1.165) is 48.8 Å². The Morgan fingerprint density at radius 2 is 2.04 bits per heavy atom. The summed E-state index contributed by atoms with van der Waals surface area (Å²) < 4.78 is 5.31. The van der Waals surface area contributed by atoms with Gasteiger partial charge in [-0.05, 0) is 12.1 Å². The van der Waals surface area contributed by atoms with Crippen LogP contribution in [0.1, 0.15) is 0 Å². The first-order chi connectivity index (χ1) is 11.3. The molecule has 1 saturated heterocycles. The fourth-order valence-corrected chi connectivity index (χ4v) is 3.20. The van der Waals surface area contributed by atoms with Gasteiger partial charge in [0.25, 0.3) is 0 Å². The Balaban J connectivity index is 1.40. The van der Waals surface area contributed by atoms with Crippen LogP contribution < -0.4 is 5.32 Å². The van der Waals surface area contributed by atoms with Crippen LogP contribution >= 0.6 is 11.8 Å². The Bertz CT molecular complexity index is 659. The van der Waals surface area contributed by atoms with Crippen molar-refractivity contribution in [2.75, 3.05) is 45.1 Å². The van der Waals surface area contributed by atoms with Crippen LogP contribution in [0.3, 0.4) is 0 Å². The number of fused-ring (bicyclic) bond motifs is 1. The highest BCUT2D eigenvalue weighted by atomic mass is 32.2. The van der Waals surface area contributed by atoms with Crippen LogP contribution in [-0.2, 0) is 9.53 Å². The molecular weight excluding hydrogens is 310 g/mol. The summed E-state index contributed by atoms with van der Waals surface area (Å²) in [5.41, 5.74) is 0.963. The molecule has 23 heavy (non-hydrogen) atoms. The molecule has 1 aliphatic heterocycles. The smallest absolute Gasteiger partial charge is 0.230 e. The molecule has 0 bridgehead atoms. The third-order valence-corrected chi connectivity index (χ3v) is 4.71. The van der Waals surface area contributed by atoms with Crippen molar-refractivity contribution < 1.29 is 9.53 Å². The molecule has 0 aliphatic carbocycles. The van der Waals surface area contributed by atoms with E-state index in [2.05, 4.69) is 15.2 Å². The molecule has 1 fully saturated rings. The average Bonchev–Trinajstić information content (AvgIpc) is 2.61. The van der Waals surface area contributed by atoms with Gasteiger partial charge in [0.05, 0.1) is 29.5 Å². The predicted molar refractivity (Wildman–Crippen MR) is 92.7 cm³/mol. The van der Waals surface area contributed by atoms with Gasteiger partial charge in [-0.15, -0.1) is 0 Å². The molecule has 3 rings (SSSR count). The SMILES string of the molecule is O=C(CSc1ccc2ccccc2n1)NCCN1CCOCC1. The summed E-state index contributed by atoms with van der Waals surface area (Å²) in [5, 5.41) is 4.97. The number of benzene rings is 1. The molecule has 1 aromatic heterocycles. The number of morpholine rings is 1. The quantitative estimate of drug-likeness (QED) is 0.818. The van der Waals surface area contributed by atoms with Gasteiger partial charge >= 0.3 is 0 Å². The minimum atomic E-state index is 0.0539. The molecule has 1 N–H and O–H groups in total. The summed E-state index contributed by atoms with van der Waals surface area (Å²) >= 11 is 1.47. The maximum atomic E-state index is 11.9. The zero-order chi connectivity index (χ0) is 15.9. The van der Waals surface area contributed by atoms with Crippen LogP contribution in [0.5, 0.6) is 0 Å². The van der Waals surface area contributed by atoms with Crippen molar-refractivity contribution in [2.24, 2.45) is 0 Å². The van der Waals surface area contributed by atoms with E-state index in [-0.39, 0.29) is 5.91 Å². The van der Waals surface area contributed by atoms with E-state index >= 15 is 0 Å². The third-order valence-electron chi connectivity index (χ3n) is 3.78. The molecular formula is C17H21N3O2S. The van der Waals surface area contributed by atoms with Crippen molar-refractivity contribution in [2.45, 2.75) is 5.03 Å². The maximum absolute atomic E-state index is 11.9. The van der Waals surface area contributed by atoms with Gasteiger partial charge < -0.3 is 10.1 Å². The van der Waals surface area contributed by atoms with Gasteiger partial charge in [0.2, 0.25) is 5.91 Å². The summed E-state index contributed by atoms with van der Waals surface area (Å²) in [5.74, 6) is 0.451. The molecule has 122 valence electrons. The zero-order valence-electron chi connectivity index (χ0n) is 13.0. The molecule has 5 nitrogen and oxygen atoms in total. The lowest BCUT2D eigenvalue weighted by molar-refractivity contribution is -0.118. The maximum Gasteiger partial charge on any atom is 0.230 e. The van der Waals surface area contributed by atoms with E-state index in [1.807, 2.05) is 36.4 Å². The fourth-order valence-electron chi connectivity index (χ4n) is 2.50. The van der Waals surface area contributed by atoms with E-state index in [1.54, 1.807) is 0 Å². The fraction of sp³-hybridized carbons (Fsp3) is 0.412. The van der Waals surface area contributed by atoms with Crippen molar-refractivity contribution >= 4 is 28.6 Å². The van der Waals surface area contributed by atoms with Crippen LogP contribution in [0.2, 0.25) is 0 Å². The number of hydrogen-bond donors (Lipinski definition) is 1. The monoisotopic (exact) mass is 331 g/mol. The highest BCUT2D eigenvalue weighted by Gasteiger charge is 2.10. The second kappa shape index (κ2) is 8.29.